The van der Waals surface area contributed by atoms with E-state index < -0.39 is 0 Å². The van der Waals surface area contributed by atoms with Crippen LogP contribution in [0.5, 0.6) is 0 Å². The van der Waals surface area contributed by atoms with E-state index in [2.05, 4.69) is 24.1 Å². The molecule has 0 aliphatic carbocycles. The lowest BCUT2D eigenvalue weighted by Crippen LogP contribution is -2.37. The molecule has 1 amide bonds. The Kier molecular flexibility index (Phi) is 4.35. The van der Waals surface area contributed by atoms with Crippen molar-refractivity contribution in [3.63, 3.8) is 0 Å². The lowest BCUT2D eigenvalue weighted by Gasteiger charge is -2.22. The zero-order valence-corrected chi connectivity index (χ0v) is 9.42. The van der Waals surface area contributed by atoms with E-state index in [0.29, 0.717) is 6.67 Å². The Morgan fingerprint density at radius 1 is 1.50 bits per heavy atom. The molecule has 1 N–H and O–H groups in total. The summed E-state index contributed by atoms with van der Waals surface area (Å²) in [6.45, 7) is 10.9. The maximum absolute atomic E-state index is 11.5. The highest BCUT2D eigenvalue weighted by atomic mass is 16.2. The maximum Gasteiger partial charge on any atom is 0.240 e. The summed E-state index contributed by atoms with van der Waals surface area (Å²) in [5.41, 5.74) is 0. The SMILES string of the molecule is CCN(CC)CCN1CNC(C)C1=O. The predicted octanol–water partition coefficient (Wildman–Crippen LogP) is 0.106. The first-order chi connectivity index (χ1) is 6.69. The van der Waals surface area contributed by atoms with Gasteiger partial charge in [0, 0.05) is 13.1 Å². The Labute approximate surface area is 86.2 Å². The fourth-order valence-corrected chi connectivity index (χ4v) is 1.68. The Balaban J connectivity index is 2.28. The zero-order valence-electron chi connectivity index (χ0n) is 9.42. The minimum absolute atomic E-state index is 0.00621. The van der Waals surface area contributed by atoms with Gasteiger partial charge in [0.25, 0.3) is 0 Å². The van der Waals surface area contributed by atoms with E-state index in [1.54, 1.807) is 0 Å². The molecule has 4 heteroatoms. The van der Waals surface area contributed by atoms with Crippen molar-refractivity contribution in [1.29, 1.82) is 0 Å². The zero-order chi connectivity index (χ0) is 10.6. The highest BCUT2D eigenvalue weighted by Crippen LogP contribution is 2.02. The van der Waals surface area contributed by atoms with Gasteiger partial charge in [0.15, 0.2) is 0 Å². The smallest absolute Gasteiger partial charge is 0.240 e. The molecule has 0 aromatic heterocycles. The van der Waals surface area contributed by atoms with Gasteiger partial charge < -0.3 is 9.80 Å². The molecule has 0 radical (unpaired) electrons. The van der Waals surface area contributed by atoms with Crippen LogP contribution in [0.2, 0.25) is 0 Å². The number of carbonyl (C=O) groups is 1. The molecule has 1 rings (SSSR count). The second kappa shape index (κ2) is 5.32. The first-order valence-corrected chi connectivity index (χ1v) is 5.43. The molecule has 0 spiro atoms. The monoisotopic (exact) mass is 199 g/mol. The van der Waals surface area contributed by atoms with Crippen LogP contribution in [0.1, 0.15) is 20.8 Å². The summed E-state index contributed by atoms with van der Waals surface area (Å²) in [5, 5.41) is 3.14. The van der Waals surface area contributed by atoms with E-state index >= 15 is 0 Å². The van der Waals surface area contributed by atoms with Crippen LogP contribution in [-0.4, -0.2) is 54.6 Å². The summed E-state index contributed by atoms with van der Waals surface area (Å²) in [4.78, 5) is 15.8. The van der Waals surface area contributed by atoms with Crippen molar-refractivity contribution in [2.75, 3.05) is 32.8 Å². The van der Waals surface area contributed by atoms with Crippen LogP contribution < -0.4 is 5.32 Å². The number of hydrogen-bond donors (Lipinski definition) is 1. The van der Waals surface area contributed by atoms with Crippen LogP contribution in [0.25, 0.3) is 0 Å². The Morgan fingerprint density at radius 2 is 2.14 bits per heavy atom. The Hall–Kier alpha value is -0.610. The third-order valence-corrected chi connectivity index (χ3v) is 2.85. The Bertz CT molecular complexity index is 192. The maximum atomic E-state index is 11.5. The highest BCUT2D eigenvalue weighted by Gasteiger charge is 2.26. The summed E-state index contributed by atoms with van der Waals surface area (Å²) in [6, 6.07) is 0.00621. The van der Waals surface area contributed by atoms with Crippen LogP contribution in [0.3, 0.4) is 0 Å². The van der Waals surface area contributed by atoms with Gasteiger partial charge >= 0.3 is 0 Å². The summed E-state index contributed by atoms with van der Waals surface area (Å²) in [6.07, 6.45) is 0. The van der Waals surface area contributed by atoms with Crippen molar-refractivity contribution < 1.29 is 4.79 Å². The minimum Gasteiger partial charge on any atom is -0.327 e. The van der Waals surface area contributed by atoms with Crippen molar-refractivity contribution in [1.82, 2.24) is 15.1 Å². The lowest BCUT2D eigenvalue weighted by molar-refractivity contribution is -0.128. The largest absolute Gasteiger partial charge is 0.327 e. The van der Waals surface area contributed by atoms with E-state index in [9.17, 15) is 4.79 Å². The molecule has 0 aromatic carbocycles. The number of rotatable bonds is 5. The molecular formula is C10H21N3O. The van der Waals surface area contributed by atoms with Gasteiger partial charge in [0.1, 0.15) is 0 Å². The molecular weight excluding hydrogens is 178 g/mol. The first-order valence-electron chi connectivity index (χ1n) is 5.43. The van der Waals surface area contributed by atoms with Crippen LogP contribution in [0.4, 0.5) is 0 Å². The number of carbonyl (C=O) groups excluding carboxylic acids is 1. The van der Waals surface area contributed by atoms with Crippen molar-refractivity contribution in [2.24, 2.45) is 0 Å². The number of hydrogen-bond acceptors (Lipinski definition) is 3. The number of nitrogens with one attached hydrogen (secondary N) is 1. The molecule has 1 fully saturated rings. The third kappa shape index (κ3) is 2.69. The third-order valence-electron chi connectivity index (χ3n) is 2.85. The van der Waals surface area contributed by atoms with Crippen molar-refractivity contribution in [3.05, 3.63) is 0 Å². The normalized spacial score (nSPS) is 22.4. The van der Waals surface area contributed by atoms with Gasteiger partial charge in [-0.25, -0.2) is 0 Å². The molecule has 1 saturated heterocycles. The van der Waals surface area contributed by atoms with Gasteiger partial charge in [0.2, 0.25) is 5.91 Å². The topological polar surface area (TPSA) is 35.6 Å². The second-order valence-electron chi connectivity index (χ2n) is 3.71. The molecule has 0 aromatic rings. The summed E-state index contributed by atoms with van der Waals surface area (Å²) >= 11 is 0. The van der Waals surface area contributed by atoms with Crippen LogP contribution >= 0.6 is 0 Å². The van der Waals surface area contributed by atoms with E-state index in [4.69, 9.17) is 0 Å². The van der Waals surface area contributed by atoms with Crippen LogP contribution in [0.15, 0.2) is 0 Å². The molecule has 1 aliphatic rings. The highest BCUT2D eigenvalue weighted by molar-refractivity contribution is 5.83. The van der Waals surface area contributed by atoms with Gasteiger partial charge in [-0.05, 0) is 20.0 Å². The quantitative estimate of drug-likeness (QED) is 0.682. The van der Waals surface area contributed by atoms with Crippen molar-refractivity contribution in [2.45, 2.75) is 26.8 Å². The van der Waals surface area contributed by atoms with Gasteiger partial charge in [-0.3, -0.25) is 10.1 Å². The van der Waals surface area contributed by atoms with Crippen molar-refractivity contribution >= 4 is 5.91 Å². The standard InChI is InChI=1S/C10H21N3O/c1-4-12(5-2)6-7-13-8-11-9(3)10(13)14/h9,11H,4-8H2,1-3H3. The molecule has 4 nitrogen and oxygen atoms in total. The molecule has 1 atom stereocenters. The fraction of sp³-hybridized carbons (Fsp3) is 0.900. The Morgan fingerprint density at radius 3 is 2.57 bits per heavy atom. The van der Waals surface area contributed by atoms with Gasteiger partial charge in [-0.2, -0.15) is 0 Å². The van der Waals surface area contributed by atoms with Crippen LogP contribution in [0, 0.1) is 0 Å². The van der Waals surface area contributed by atoms with Gasteiger partial charge in [-0.15, -0.1) is 0 Å². The predicted molar refractivity (Wildman–Crippen MR) is 57.0 cm³/mol. The summed E-state index contributed by atoms with van der Waals surface area (Å²) in [7, 11) is 0. The van der Waals surface area contributed by atoms with Crippen LogP contribution in [-0.2, 0) is 4.79 Å². The molecule has 1 heterocycles. The molecule has 0 saturated carbocycles. The fourth-order valence-electron chi connectivity index (χ4n) is 1.68. The lowest BCUT2D eigenvalue weighted by atomic mass is 10.3. The van der Waals surface area contributed by atoms with E-state index in [0.717, 1.165) is 26.2 Å². The summed E-state index contributed by atoms with van der Waals surface area (Å²) < 4.78 is 0. The molecule has 14 heavy (non-hydrogen) atoms. The van der Waals surface area contributed by atoms with Gasteiger partial charge in [0.05, 0.1) is 12.7 Å². The van der Waals surface area contributed by atoms with Gasteiger partial charge in [-0.1, -0.05) is 13.8 Å². The minimum atomic E-state index is 0.00621. The van der Waals surface area contributed by atoms with Crippen molar-refractivity contribution in [3.8, 4) is 0 Å². The molecule has 82 valence electrons. The van der Waals surface area contributed by atoms with E-state index in [1.807, 2.05) is 11.8 Å². The first kappa shape index (κ1) is 11.5. The molecule has 1 aliphatic heterocycles. The molecule has 0 bridgehead atoms. The number of likely N-dealkylation sites (N-methyl/N-ethyl adjacent to an activating group) is 1. The average Bonchev–Trinajstić information content (AvgIpc) is 2.51. The molecule has 1 unspecified atom stereocenters. The van der Waals surface area contributed by atoms with E-state index in [1.165, 1.54) is 0 Å². The second-order valence-corrected chi connectivity index (χ2v) is 3.71. The van der Waals surface area contributed by atoms with E-state index in [-0.39, 0.29) is 11.9 Å². The average molecular weight is 199 g/mol. The summed E-state index contributed by atoms with van der Waals surface area (Å²) in [5.74, 6) is 0.233. The number of nitrogens with zero attached hydrogens (tertiary/aromatic N) is 2. The number of amides is 1.